The van der Waals surface area contributed by atoms with Crippen molar-refractivity contribution in [3.05, 3.63) is 57.9 Å². The number of rotatable bonds is 3. The van der Waals surface area contributed by atoms with Crippen molar-refractivity contribution < 1.29 is 4.39 Å². The largest absolute Gasteiger partial charge is 0.383 e. The van der Waals surface area contributed by atoms with Crippen molar-refractivity contribution in [1.29, 1.82) is 0 Å². The highest BCUT2D eigenvalue weighted by atomic mass is 79.9. The van der Waals surface area contributed by atoms with Crippen LogP contribution in [-0.2, 0) is 12.8 Å². The van der Waals surface area contributed by atoms with Gasteiger partial charge in [-0.15, -0.1) is 0 Å². The van der Waals surface area contributed by atoms with Gasteiger partial charge in [-0.3, -0.25) is 0 Å². The predicted octanol–water partition coefficient (Wildman–Crippen LogP) is 3.35. The molecule has 0 amide bonds. The number of aryl methyl sites for hydroxylation is 2. The molecular weight excluding hydrogens is 283 g/mol. The Hall–Kier alpha value is -1.42. The van der Waals surface area contributed by atoms with Crippen molar-refractivity contribution in [2.45, 2.75) is 12.8 Å². The number of aromatic nitrogens is 1. The molecule has 1 aromatic heterocycles. The summed E-state index contributed by atoms with van der Waals surface area (Å²) < 4.78 is 13.7. The Morgan fingerprint density at radius 3 is 2.65 bits per heavy atom. The summed E-state index contributed by atoms with van der Waals surface area (Å²) in [6.45, 7) is 0. The fourth-order valence-corrected chi connectivity index (χ4v) is 2.21. The fourth-order valence-electron chi connectivity index (χ4n) is 1.66. The third kappa shape index (κ3) is 3.03. The molecule has 0 aliphatic rings. The molecule has 88 valence electrons. The van der Waals surface area contributed by atoms with E-state index in [1.807, 2.05) is 12.1 Å². The van der Waals surface area contributed by atoms with Gasteiger partial charge < -0.3 is 5.73 Å². The van der Waals surface area contributed by atoms with E-state index < -0.39 is 0 Å². The van der Waals surface area contributed by atoms with Crippen molar-refractivity contribution >= 4 is 21.7 Å². The summed E-state index contributed by atoms with van der Waals surface area (Å²) in [5.41, 5.74) is 7.85. The Morgan fingerprint density at radius 1 is 1.18 bits per heavy atom. The van der Waals surface area contributed by atoms with E-state index in [9.17, 15) is 4.39 Å². The summed E-state index contributed by atoms with van der Waals surface area (Å²) >= 11 is 3.35. The quantitative estimate of drug-likeness (QED) is 0.943. The average Bonchev–Trinajstić information content (AvgIpc) is 2.30. The van der Waals surface area contributed by atoms with Crippen LogP contribution in [0.5, 0.6) is 0 Å². The highest BCUT2D eigenvalue weighted by Crippen LogP contribution is 2.20. The Balaban J connectivity index is 2.10. The Kier molecular flexibility index (Phi) is 3.74. The summed E-state index contributed by atoms with van der Waals surface area (Å²) in [6.07, 6.45) is 3.27. The van der Waals surface area contributed by atoms with Crippen LogP contribution in [0.25, 0.3) is 0 Å². The lowest BCUT2D eigenvalue weighted by molar-refractivity contribution is 0.626. The van der Waals surface area contributed by atoms with Crippen LogP contribution >= 0.6 is 15.9 Å². The highest BCUT2D eigenvalue weighted by molar-refractivity contribution is 9.10. The van der Waals surface area contributed by atoms with E-state index in [0.717, 1.165) is 28.4 Å². The first-order valence-corrected chi connectivity index (χ1v) is 6.09. The van der Waals surface area contributed by atoms with Crippen LogP contribution in [0.2, 0.25) is 0 Å². The van der Waals surface area contributed by atoms with Gasteiger partial charge in [0.05, 0.1) is 0 Å². The van der Waals surface area contributed by atoms with Crippen LogP contribution in [0, 0.1) is 5.82 Å². The third-order valence-corrected chi connectivity index (χ3v) is 3.34. The molecule has 2 aromatic rings. The maximum Gasteiger partial charge on any atom is 0.126 e. The Labute approximate surface area is 108 Å². The normalized spacial score (nSPS) is 10.5. The zero-order valence-corrected chi connectivity index (χ0v) is 10.7. The molecule has 17 heavy (non-hydrogen) atoms. The number of anilines is 1. The van der Waals surface area contributed by atoms with Crippen LogP contribution in [0.3, 0.4) is 0 Å². The molecule has 0 spiro atoms. The van der Waals surface area contributed by atoms with Gasteiger partial charge in [0, 0.05) is 10.7 Å². The number of benzene rings is 1. The van der Waals surface area contributed by atoms with Gasteiger partial charge in [-0.25, -0.2) is 9.37 Å². The zero-order chi connectivity index (χ0) is 12.3. The molecule has 0 atom stereocenters. The molecule has 4 heteroatoms. The monoisotopic (exact) mass is 294 g/mol. The maximum absolute atomic E-state index is 12.9. The number of hydrogen-bond acceptors (Lipinski definition) is 2. The Morgan fingerprint density at radius 2 is 1.94 bits per heavy atom. The SMILES string of the molecule is Nc1ncccc1CCc1ccc(F)cc1Br. The predicted molar refractivity (Wildman–Crippen MR) is 70.2 cm³/mol. The smallest absolute Gasteiger partial charge is 0.126 e. The van der Waals surface area contributed by atoms with Crippen LogP contribution in [0.1, 0.15) is 11.1 Å². The van der Waals surface area contributed by atoms with E-state index in [1.54, 1.807) is 12.3 Å². The second-order valence-corrected chi connectivity index (χ2v) is 4.64. The van der Waals surface area contributed by atoms with E-state index in [4.69, 9.17) is 5.73 Å². The van der Waals surface area contributed by atoms with Crippen LogP contribution in [0.15, 0.2) is 41.0 Å². The minimum absolute atomic E-state index is 0.235. The second-order valence-electron chi connectivity index (χ2n) is 3.78. The van der Waals surface area contributed by atoms with Crippen molar-refractivity contribution in [3.8, 4) is 0 Å². The number of nitrogens with two attached hydrogens (primary N) is 1. The van der Waals surface area contributed by atoms with Gasteiger partial charge in [0.1, 0.15) is 11.6 Å². The molecule has 2 N–H and O–H groups in total. The van der Waals surface area contributed by atoms with Crippen LogP contribution in [-0.4, -0.2) is 4.98 Å². The lowest BCUT2D eigenvalue weighted by Crippen LogP contribution is -1.99. The number of pyridine rings is 1. The molecule has 1 heterocycles. The maximum atomic E-state index is 12.9. The standard InChI is InChI=1S/C13H12BrFN2/c14-12-8-11(15)6-5-9(12)3-4-10-2-1-7-17-13(10)16/h1-2,5-8H,3-4H2,(H2,16,17). The molecule has 0 saturated heterocycles. The summed E-state index contributed by atoms with van der Waals surface area (Å²) in [5.74, 6) is 0.326. The van der Waals surface area contributed by atoms with E-state index >= 15 is 0 Å². The zero-order valence-electron chi connectivity index (χ0n) is 9.16. The van der Waals surface area contributed by atoms with E-state index in [2.05, 4.69) is 20.9 Å². The van der Waals surface area contributed by atoms with Crippen LogP contribution < -0.4 is 5.73 Å². The second kappa shape index (κ2) is 5.27. The number of nitrogens with zero attached hydrogens (tertiary/aromatic N) is 1. The summed E-state index contributed by atoms with van der Waals surface area (Å²) in [5, 5.41) is 0. The first kappa shape index (κ1) is 12.0. The first-order valence-electron chi connectivity index (χ1n) is 5.30. The van der Waals surface area contributed by atoms with E-state index in [1.165, 1.54) is 12.1 Å². The van der Waals surface area contributed by atoms with Crippen LogP contribution in [0.4, 0.5) is 10.2 Å². The molecule has 0 aliphatic carbocycles. The number of halogens is 2. The van der Waals surface area contributed by atoms with Crippen molar-refractivity contribution in [2.24, 2.45) is 0 Å². The fraction of sp³-hybridized carbons (Fsp3) is 0.154. The first-order chi connectivity index (χ1) is 8.16. The molecule has 0 unspecified atom stereocenters. The average molecular weight is 295 g/mol. The lowest BCUT2D eigenvalue weighted by atomic mass is 10.1. The molecule has 2 nitrogen and oxygen atoms in total. The topological polar surface area (TPSA) is 38.9 Å². The molecule has 0 aliphatic heterocycles. The van der Waals surface area contributed by atoms with Gasteiger partial charge in [0.15, 0.2) is 0 Å². The van der Waals surface area contributed by atoms with Gasteiger partial charge in [-0.2, -0.15) is 0 Å². The molecule has 1 aromatic carbocycles. The summed E-state index contributed by atoms with van der Waals surface area (Å²) in [4.78, 5) is 4.03. The van der Waals surface area contributed by atoms with Gasteiger partial charge in [-0.05, 0) is 42.2 Å². The molecule has 0 saturated carbocycles. The number of nitrogen functional groups attached to an aromatic ring is 1. The number of hydrogen-bond donors (Lipinski definition) is 1. The minimum atomic E-state index is -0.235. The lowest BCUT2D eigenvalue weighted by Gasteiger charge is -2.06. The van der Waals surface area contributed by atoms with Gasteiger partial charge in [-0.1, -0.05) is 28.1 Å². The van der Waals surface area contributed by atoms with E-state index in [0.29, 0.717) is 5.82 Å². The summed E-state index contributed by atoms with van der Waals surface area (Å²) in [6, 6.07) is 8.55. The molecule has 0 bridgehead atoms. The molecule has 0 fully saturated rings. The summed E-state index contributed by atoms with van der Waals surface area (Å²) in [7, 11) is 0. The highest BCUT2D eigenvalue weighted by Gasteiger charge is 2.04. The minimum Gasteiger partial charge on any atom is -0.383 e. The van der Waals surface area contributed by atoms with Gasteiger partial charge >= 0.3 is 0 Å². The Bertz CT molecular complexity index is 529. The van der Waals surface area contributed by atoms with Gasteiger partial charge in [0.25, 0.3) is 0 Å². The van der Waals surface area contributed by atoms with Gasteiger partial charge in [0.2, 0.25) is 0 Å². The van der Waals surface area contributed by atoms with Crippen molar-refractivity contribution in [3.63, 3.8) is 0 Å². The molecule has 0 radical (unpaired) electrons. The van der Waals surface area contributed by atoms with Crippen molar-refractivity contribution in [1.82, 2.24) is 4.98 Å². The molecule has 2 rings (SSSR count). The third-order valence-electron chi connectivity index (χ3n) is 2.60. The van der Waals surface area contributed by atoms with Crippen molar-refractivity contribution in [2.75, 3.05) is 5.73 Å². The van der Waals surface area contributed by atoms with E-state index in [-0.39, 0.29) is 5.82 Å². The molecular formula is C13H12BrFN2.